The number of imidazole rings is 1. The summed E-state index contributed by atoms with van der Waals surface area (Å²) in [6.45, 7) is 4.58. The van der Waals surface area contributed by atoms with Crippen molar-refractivity contribution in [2.75, 3.05) is 0 Å². The van der Waals surface area contributed by atoms with E-state index in [0.29, 0.717) is 16.7 Å². The summed E-state index contributed by atoms with van der Waals surface area (Å²) in [5.41, 5.74) is 1.64. The van der Waals surface area contributed by atoms with E-state index in [-0.39, 0.29) is 10.8 Å². The molecule has 2 aromatic rings. The van der Waals surface area contributed by atoms with Crippen LogP contribution in [0.4, 0.5) is 4.39 Å². The number of H-pyrrole nitrogens is 1. The van der Waals surface area contributed by atoms with Crippen LogP contribution < -0.4 is 0 Å². The van der Waals surface area contributed by atoms with Crippen LogP contribution in [-0.4, -0.2) is 9.55 Å². The van der Waals surface area contributed by atoms with Crippen LogP contribution in [0.5, 0.6) is 0 Å². The van der Waals surface area contributed by atoms with E-state index < -0.39 is 0 Å². The first kappa shape index (κ1) is 14.1. The van der Waals surface area contributed by atoms with Gasteiger partial charge in [0.25, 0.3) is 0 Å². The molecule has 3 atom stereocenters. The van der Waals surface area contributed by atoms with Crippen LogP contribution in [0.1, 0.15) is 39.2 Å². The zero-order valence-electron chi connectivity index (χ0n) is 11.6. The summed E-state index contributed by atoms with van der Waals surface area (Å²) in [5.74, 6) is 1.02. The summed E-state index contributed by atoms with van der Waals surface area (Å²) < 4.78 is 16.5. The van der Waals surface area contributed by atoms with Gasteiger partial charge in [0.1, 0.15) is 5.82 Å². The molecule has 2 nitrogen and oxygen atoms in total. The average Bonchev–Trinajstić information content (AvgIpc) is 2.69. The molecule has 0 saturated heterocycles. The molecule has 0 spiro atoms. The third kappa shape index (κ3) is 2.29. The molecule has 3 unspecified atom stereocenters. The van der Waals surface area contributed by atoms with Gasteiger partial charge in [0.05, 0.1) is 16.1 Å². The van der Waals surface area contributed by atoms with Gasteiger partial charge in [-0.1, -0.05) is 25.4 Å². The maximum absolute atomic E-state index is 13.8. The molecule has 0 bridgehead atoms. The molecule has 5 heteroatoms. The normalized spacial score (nSPS) is 27.1. The molecular formula is C15H18ClFN2S. The highest BCUT2D eigenvalue weighted by Crippen LogP contribution is 2.38. The highest BCUT2D eigenvalue weighted by Gasteiger charge is 2.27. The van der Waals surface area contributed by atoms with Crippen LogP contribution in [0, 0.1) is 22.4 Å². The highest BCUT2D eigenvalue weighted by molar-refractivity contribution is 7.71. The minimum Gasteiger partial charge on any atom is -0.331 e. The van der Waals surface area contributed by atoms with E-state index in [1.807, 2.05) is 0 Å². The second-order valence-corrected chi connectivity index (χ2v) is 6.80. The van der Waals surface area contributed by atoms with Gasteiger partial charge in [0.15, 0.2) is 4.77 Å². The number of aromatic amines is 1. The minimum absolute atomic E-state index is 0.131. The first-order valence-corrected chi connectivity index (χ1v) is 7.85. The van der Waals surface area contributed by atoms with E-state index in [9.17, 15) is 4.39 Å². The molecular weight excluding hydrogens is 295 g/mol. The number of halogens is 2. The van der Waals surface area contributed by atoms with Crippen molar-refractivity contribution in [1.29, 1.82) is 0 Å². The van der Waals surface area contributed by atoms with Crippen molar-refractivity contribution >= 4 is 34.9 Å². The summed E-state index contributed by atoms with van der Waals surface area (Å²) in [6.07, 6.45) is 3.38. The van der Waals surface area contributed by atoms with E-state index in [4.69, 9.17) is 23.8 Å². The number of aromatic nitrogens is 2. The van der Waals surface area contributed by atoms with Crippen LogP contribution in [-0.2, 0) is 0 Å². The molecule has 1 aromatic carbocycles. The Hall–Kier alpha value is -0.870. The van der Waals surface area contributed by atoms with E-state index in [1.165, 1.54) is 12.5 Å². The van der Waals surface area contributed by atoms with Crippen LogP contribution in [0.3, 0.4) is 0 Å². The van der Waals surface area contributed by atoms with Gasteiger partial charge in [-0.25, -0.2) is 4.39 Å². The number of fused-ring (bicyclic) bond motifs is 1. The number of nitrogens with one attached hydrogen (secondary N) is 1. The minimum atomic E-state index is -0.390. The first-order valence-electron chi connectivity index (χ1n) is 7.06. The van der Waals surface area contributed by atoms with Gasteiger partial charge >= 0.3 is 0 Å². The Morgan fingerprint density at radius 1 is 1.30 bits per heavy atom. The third-order valence-electron chi connectivity index (χ3n) is 4.69. The van der Waals surface area contributed by atoms with Crippen molar-refractivity contribution < 1.29 is 4.39 Å². The Bertz CT molecular complexity index is 706. The van der Waals surface area contributed by atoms with Gasteiger partial charge in [0, 0.05) is 12.1 Å². The molecule has 1 aliphatic rings. The van der Waals surface area contributed by atoms with Gasteiger partial charge in [-0.2, -0.15) is 0 Å². The van der Waals surface area contributed by atoms with Crippen LogP contribution >= 0.6 is 23.8 Å². The fourth-order valence-corrected chi connectivity index (χ4v) is 3.76. The maximum Gasteiger partial charge on any atom is 0.178 e. The van der Waals surface area contributed by atoms with Crippen molar-refractivity contribution in [3.63, 3.8) is 0 Å². The average molecular weight is 313 g/mol. The van der Waals surface area contributed by atoms with Crippen LogP contribution in [0.25, 0.3) is 11.0 Å². The summed E-state index contributed by atoms with van der Waals surface area (Å²) in [7, 11) is 0. The topological polar surface area (TPSA) is 20.7 Å². The van der Waals surface area contributed by atoms with E-state index in [2.05, 4.69) is 23.4 Å². The summed E-state index contributed by atoms with van der Waals surface area (Å²) in [4.78, 5) is 3.15. The standard InChI is InChI=1S/C15H18ClFN2S/c1-8-3-4-10(5-9(8)2)19-14-7-12(17)11(16)6-13(14)18-15(19)20/h6-10H,3-5H2,1-2H3,(H,18,20). The lowest BCUT2D eigenvalue weighted by atomic mass is 9.79. The van der Waals surface area contributed by atoms with Crippen molar-refractivity contribution in [3.8, 4) is 0 Å². The fourth-order valence-electron chi connectivity index (χ4n) is 3.24. The van der Waals surface area contributed by atoms with Crippen molar-refractivity contribution in [2.24, 2.45) is 11.8 Å². The zero-order chi connectivity index (χ0) is 14.4. The number of nitrogens with zero attached hydrogens (tertiary/aromatic N) is 1. The van der Waals surface area contributed by atoms with Gasteiger partial charge in [0.2, 0.25) is 0 Å². The Balaban J connectivity index is 2.09. The van der Waals surface area contributed by atoms with Gasteiger partial charge in [-0.3, -0.25) is 0 Å². The Kier molecular flexibility index (Phi) is 3.63. The molecule has 1 aliphatic carbocycles. The third-order valence-corrected chi connectivity index (χ3v) is 5.28. The zero-order valence-corrected chi connectivity index (χ0v) is 13.2. The van der Waals surface area contributed by atoms with Gasteiger partial charge < -0.3 is 9.55 Å². The monoisotopic (exact) mass is 312 g/mol. The predicted molar refractivity (Wildman–Crippen MR) is 83.3 cm³/mol. The lowest BCUT2D eigenvalue weighted by Crippen LogP contribution is -2.23. The fraction of sp³-hybridized carbons (Fsp3) is 0.533. The van der Waals surface area contributed by atoms with Gasteiger partial charge in [-0.15, -0.1) is 0 Å². The Morgan fingerprint density at radius 2 is 2.05 bits per heavy atom. The molecule has 3 rings (SSSR count). The van der Waals surface area contributed by atoms with E-state index >= 15 is 0 Å². The number of rotatable bonds is 1. The van der Waals surface area contributed by atoms with Crippen LogP contribution in [0.2, 0.25) is 5.02 Å². The lowest BCUT2D eigenvalue weighted by molar-refractivity contribution is 0.212. The molecule has 1 N–H and O–H groups in total. The van der Waals surface area contributed by atoms with Gasteiger partial charge in [-0.05, 0) is 49.4 Å². The number of hydrogen-bond acceptors (Lipinski definition) is 1. The smallest absolute Gasteiger partial charge is 0.178 e. The predicted octanol–water partition coefficient (Wildman–Crippen LogP) is 5.49. The van der Waals surface area contributed by atoms with Crippen molar-refractivity contribution in [1.82, 2.24) is 9.55 Å². The second kappa shape index (κ2) is 5.15. The molecule has 20 heavy (non-hydrogen) atoms. The SMILES string of the molecule is CC1CCC(n2c(=S)[nH]c3cc(Cl)c(F)cc32)CC1C. The summed E-state index contributed by atoms with van der Waals surface area (Å²) in [6, 6.07) is 3.46. The second-order valence-electron chi connectivity index (χ2n) is 6.01. The molecule has 0 aliphatic heterocycles. The quantitative estimate of drug-likeness (QED) is 0.691. The molecule has 0 amide bonds. The lowest BCUT2D eigenvalue weighted by Gasteiger charge is -2.33. The molecule has 0 radical (unpaired) electrons. The highest BCUT2D eigenvalue weighted by atomic mass is 35.5. The number of hydrogen-bond donors (Lipinski definition) is 1. The maximum atomic E-state index is 13.8. The van der Waals surface area contributed by atoms with Crippen molar-refractivity contribution in [2.45, 2.75) is 39.2 Å². The van der Waals surface area contributed by atoms with Crippen LogP contribution in [0.15, 0.2) is 12.1 Å². The molecule has 108 valence electrons. The Morgan fingerprint density at radius 3 is 2.75 bits per heavy atom. The number of benzene rings is 1. The largest absolute Gasteiger partial charge is 0.331 e. The Labute approximate surface area is 127 Å². The molecule has 1 saturated carbocycles. The summed E-state index contributed by atoms with van der Waals surface area (Å²) >= 11 is 11.3. The van der Waals surface area contributed by atoms with Crippen molar-refractivity contribution in [3.05, 3.63) is 27.7 Å². The summed E-state index contributed by atoms with van der Waals surface area (Å²) in [5, 5.41) is 0.131. The van der Waals surface area contributed by atoms with E-state index in [0.717, 1.165) is 29.8 Å². The molecule has 1 aromatic heterocycles. The molecule has 1 fully saturated rings. The first-order chi connectivity index (χ1) is 9.47. The van der Waals surface area contributed by atoms with E-state index in [1.54, 1.807) is 6.07 Å². The molecule has 1 heterocycles.